The van der Waals surface area contributed by atoms with Crippen molar-refractivity contribution in [3.8, 4) is 0 Å². The predicted molar refractivity (Wildman–Crippen MR) is 91.9 cm³/mol. The third-order valence-corrected chi connectivity index (χ3v) is 4.53. The van der Waals surface area contributed by atoms with E-state index in [-0.39, 0.29) is 0 Å². The highest BCUT2D eigenvalue weighted by molar-refractivity contribution is 7.99. The van der Waals surface area contributed by atoms with Gasteiger partial charge in [-0.3, -0.25) is 0 Å². The van der Waals surface area contributed by atoms with Gasteiger partial charge in [-0.1, -0.05) is 51.1 Å². The second-order valence-corrected chi connectivity index (χ2v) is 6.45. The molecule has 0 aliphatic carbocycles. The number of rotatable bonds is 7. The molecule has 1 aromatic heterocycles. The molecule has 0 bridgehead atoms. The normalized spacial score (nSPS) is 12.6. The first-order valence-corrected chi connectivity index (χ1v) is 8.56. The van der Waals surface area contributed by atoms with Gasteiger partial charge in [0.05, 0.1) is 5.03 Å². The number of hydrogen-bond donors (Lipinski definition) is 1. The van der Waals surface area contributed by atoms with Crippen molar-refractivity contribution < 1.29 is 0 Å². The van der Waals surface area contributed by atoms with Crippen molar-refractivity contribution in [1.82, 2.24) is 10.3 Å². The van der Waals surface area contributed by atoms with Crippen LogP contribution in [0.3, 0.4) is 0 Å². The van der Waals surface area contributed by atoms with Gasteiger partial charge >= 0.3 is 0 Å². The van der Waals surface area contributed by atoms with Crippen LogP contribution in [0, 0.1) is 0 Å². The van der Waals surface area contributed by atoms with Crippen LogP contribution < -0.4 is 5.32 Å². The zero-order valence-corrected chi connectivity index (χ0v) is 13.9. The van der Waals surface area contributed by atoms with E-state index in [1.165, 1.54) is 11.1 Å². The Morgan fingerprint density at radius 3 is 2.33 bits per heavy atom. The molecule has 2 rings (SSSR count). The van der Waals surface area contributed by atoms with Gasteiger partial charge in [0.25, 0.3) is 0 Å². The zero-order valence-electron chi connectivity index (χ0n) is 13.0. The van der Waals surface area contributed by atoms with Gasteiger partial charge in [-0.15, -0.1) is 11.8 Å². The second kappa shape index (κ2) is 8.20. The molecule has 1 unspecified atom stereocenters. The van der Waals surface area contributed by atoms with Gasteiger partial charge in [0.15, 0.2) is 0 Å². The molecule has 1 N–H and O–H groups in total. The molecular formula is C18H24N2S. The van der Waals surface area contributed by atoms with E-state index >= 15 is 0 Å². The molecule has 0 spiro atoms. The topological polar surface area (TPSA) is 24.9 Å². The molecule has 2 nitrogen and oxygen atoms in total. The minimum absolute atomic E-state index is 0.364. The predicted octanol–water partition coefficient (Wildman–Crippen LogP) is 4.65. The monoisotopic (exact) mass is 300 g/mol. The van der Waals surface area contributed by atoms with Crippen LogP contribution in [-0.4, -0.2) is 17.3 Å². The van der Waals surface area contributed by atoms with Crippen LogP contribution in [0.1, 0.15) is 43.9 Å². The van der Waals surface area contributed by atoms with Gasteiger partial charge in [-0.2, -0.15) is 0 Å². The lowest BCUT2D eigenvalue weighted by Gasteiger charge is -2.18. The lowest BCUT2D eigenvalue weighted by atomic mass is 9.99. The molecular weight excluding hydrogens is 276 g/mol. The molecule has 0 aliphatic heterocycles. The Morgan fingerprint density at radius 2 is 1.76 bits per heavy atom. The van der Waals surface area contributed by atoms with Gasteiger partial charge in [-0.05, 0) is 35.7 Å². The summed E-state index contributed by atoms with van der Waals surface area (Å²) in [6, 6.07) is 15.4. The van der Waals surface area contributed by atoms with Crippen molar-refractivity contribution in [3.63, 3.8) is 0 Å². The Morgan fingerprint density at radius 1 is 1.05 bits per heavy atom. The van der Waals surface area contributed by atoms with Crippen LogP contribution in [0.25, 0.3) is 0 Å². The van der Waals surface area contributed by atoms with E-state index in [9.17, 15) is 0 Å². The number of benzene rings is 1. The van der Waals surface area contributed by atoms with E-state index in [2.05, 4.69) is 61.4 Å². The highest BCUT2D eigenvalue weighted by atomic mass is 32.2. The van der Waals surface area contributed by atoms with Gasteiger partial charge in [0.1, 0.15) is 0 Å². The van der Waals surface area contributed by atoms with Crippen LogP contribution >= 0.6 is 11.8 Å². The summed E-state index contributed by atoms with van der Waals surface area (Å²) in [5, 5.41) is 4.65. The van der Waals surface area contributed by atoms with Crippen molar-refractivity contribution in [2.24, 2.45) is 0 Å². The van der Waals surface area contributed by atoms with Crippen molar-refractivity contribution >= 4 is 11.8 Å². The van der Waals surface area contributed by atoms with Gasteiger partial charge < -0.3 is 5.32 Å². The van der Waals surface area contributed by atoms with Crippen LogP contribution in [0.4, 0.5) is 0 Å². The third kappa shape index (κ3) is 4.87. The smallest absolute Gasteiger partial charge is 0.0960 e. The van der Waals surface area contributed by atoms with Crippen LogP contribution in [0.5, 0.6) is 0 Å². The van der Waals surface area contributed by atoms with E-state index in [0.29, 0.717) is 12.0 Å². The Kier molecular flexibility index (Phi) is 6.27. The van der Waals surface area contributed by atoms with Crippen molar-refractivity contribution in [3.05, 3.63) is 59.8 Å². The van der Waals surface area contributed by atoms with E-state index in [1.54, 1.807) is 11.8 Å². The summed E-state index contributed by atoms with van der Waals surface area (Å²) in [5.41, 5.74) is 2.75. The quantitative estimate of drug-likeness (QED) is 0.754. The Balaban J connectivity index is 2.04. The summed E-state index contributed by atoms with van der Waals surface area (Å²) in [7, 11) is 0. The fraction of sp³-hybridized carbons (Fsp3) is 0.389. The number of aromatic nitrogens is 1. The minimum Gasteiger partial charge on any atom is -0.309 e. The maximum Gasteiger partial charge on any atom is 0.0960 e. The summed E-state index contributed by atoms with van der Waals surface area (Å²) in [6.45, 7) is 7.59. The molecule has 21 heavy (non-hydrogen) atoms. The van der Waals surface area contributed by atoms with E-state index in [0.717, 1.165) is 17.3 Å². The standard InChI is InChI=1S/C18H24N2S/c1-4-19-17(13-21-18-7-5-6-12-20-18)16-10-8-15(9-11-16)14(2)3/h5-12,14,17,19H,4,13H2,1-3H3. The molecule has 1 heterocycles. The Hall–Kier alpha value is -1.32. The molecule has 0 saturated carbocycles. The zero-order chi connectivity index (χ0) is 15.1. The molecule has 0 fully saturated rings. The van der Waals surface area contributed by atoms with Crippen LogP contribution in [0.15, 0.2) is 53.7 Å². The summed E-state index contributed by atoms with van der Waals surface area (Å²) >= 11 is 1.80. The first-order chi connectivity index (χ1) is 10.2. The van der Waals surface area contributed by atoms with Crippen molar-refractivity contribution in [1.29, 1.82) is 0 Å². The summed E-state index contributed by atoms with van der Waals surface area (Å²) in [6.07, 6.45) is 1.85. The van der Waals surface area contributed by atoms with Crippen LogP contribution in [-0.2, 0) is 0 Å². The maximum atomic E-state index is 4.38. The van der Waals surface area contributed by atoms with E-state index < -0.39 is 0 Å². The maximum absolute atomic E-state index is 4.38. The summed E-state index contributed by atoms with van der Waals surface area (Å²) < 4.78 is 0. The van der Waals surface area contributed by atoms with Crippen LogP contribution in [0.2, 0.25) is 0 Å². The van der Waals surface area contributed by atoms with Gasteiger partial charge in [-0.25, -0.2) is 4.98 Å². The molecule has 0 saturated heterocycles. The largest absolute Gasteiger partial charge is 0.309 e. The highest BCUT2D eigenvalue weighted by Gasteiger charge is 2.11. The average Bonchev–Trinajstić information content (AvgIpc) is 2.52. The SMILES string of the molecule is CCNC(CSc1ccccn1)c1ccc(C(C)C)cc1. The molecule has 1 atom stereocenters. The average molecular weight is 300 g/mol. The Labute approximate surface area is 132 Å². The fourth-order valence-electron chi connectivity index (χ4n) is 2.23. The number of pyridine rings is 1. The van der Waals surface area contributed by atoms with Crippen molar-refractivity contribution in [2.75, 3.05) is 12.3 Å². The second-order valence-electron chi connectivity index (χ2n) is 5.41. The number of nitrogens with one attached hydrogen (secondary N) is 1. The third-order valence-electron chi connectivity index (χ3n) is 3.49. The highest BCUT2D eigenvalue weighted by Crippen LogP contribution is 2.24. The van der Waals surface area contributed by atoms with E-state index in [4.69, 9.17) is 0 Å². The number of nitrogens with zero attached hydrogens (tertiary/aromatic N) is 1. The lowest BCUT2D eigenvalue weighted by molar-refractivity contribution is 0.605. The lowest BCUT2D eigenvalue weighted by Crippen LogP contribution is -2.23. The number of hydrogen-bond acceptors (Lipinski definition) is 3. The van der Waals surface area contributed by atoms with Gasteiger partial charge in [0, 0.05) is 18.0 Å². The molecule has 0 radical (unpaired) electrons. The van der Waals surface area contributed by atoms with Gasteiger partial charge in [0.2, 0.25) is 0 Å². The Bertz CT molecular complexity index is 523. The molecule has 112 valence electrons. The molecule has 3 heteroatoms. The molecule has 2 aromatic rings. The fourth-order valence-corrected chi connectivity index (χ4v) is 3.19. The molecule has 0 amide bonds. The number of thioether (sulfide) groups is 1. The molecule has 1 aromatic carbocycles. The summed E-state index contributed by atoms with van der Waals surface area (Å²) in [4.78, 5) is 4.38. The first-order valence-electron chi connectivity index (χ1n) is 7.57. The van der Waals surface area contributed by atoms with E-state index in [1.807, 2.05) is 18.3 Å². The first kappa shape index (κ1) is 16.1. The molecule has 0 aliphatic rings. The van der Waals surface area contributed by atoms with Crippen molar-refractivity contribution in [2.45, 2.75) is 37.8 Å². The minimum atomic E-state index is 0.364. The summed E-state index contributed by atoms with van der Waals surface area (Å²) in [5.74, 6) is 1.57.